The standard InChI is InChI=1S/C28H25FN4O4/c1-18-14-23(32-12-13-36-19(32)2)26-31-24(27(34)30-15-20-8-10-22(29)11-9-20)25(28(35)33(26)16-18)37-17-21-6-4-3-5-7-21/h3-11,14,16H,2,12-13,15,17H2,1H3,(H,30,34). The zero-order chi connectivity index (χ0) is 25.9. The summed E-state index contributed by atoms with van der Waals surface area (Å²) in [4.78, 5) is 33.5. The molecule has 0 spiro atoms. The van der Waals surface area contributed by atoms with Crippen molar-refractivity contribution in [3.05, 3.63) is 118 Å². The molecule has 2 aromatic heterocycles. The minimum Gasteiger partial charge on any atom is -0.481 e. The van der Waals surface area contributed by atoms with Gasteiger partial charge in [0.1, 0.15) is 19.0 Å². The Morgan fingerprint density at radius 1 is 1.16 bits per heavy atom. The van der Waals surface area contributed by atoms with Crippen molar-refractivity contribution in [2.75, 3.05) is 18.1 Å². The lowest BCUT2D eigenvalue weighted by Crippen LogP contribution is -2.30. The van der Waals surface area contributed by atoms with Gasteiger partial charge in [-0.2, -0.15) is 0 Å². The average molecular weight is 501 g/mol. The number of fused-ring (bicyclic) bond motifs is 1. The molecule has 4 aromatic rings. The highest BCUT2D eigenvalue weighted by molar-refractivity contribution is 5.96. The molecule has 0 atom stereocenters. The van der Waals surface area contributed by atoms with Gasteiger partial charge in [-0.15, -0.1) is 0 Å². The van der Waals surface area contributed by atoms with Crippen LogP contribution in [0.15, 0.2) is 84.1 Å². The van der Waals surface area contributed by atoms with Crippen molar-refractivity contribution >= 4 is 17.2 Å². The molecular formula is C28H25FN4O4. The van der Waals surface area contributed by atoms with Crippen LogP contribution >= 0.6 is 0 Å². The normalized spacial score (nSPS) is 13.0. The fourth-order valence-corrected chi connectivity index (χ4v) is 4.13. The summed E-state index contributed by atoms with van der Waals surface area (Å²) in [5.41, 5.74) is 2.57. The Kier molecular flexibility index (Phi) is 6.59. The lowest BCUT2D eigenvalue weighted by atomic mass is 10.2. The minimum absolute atomic E-state index is 0.0809. The van der Waals surface area contributed by atoms with Crippen LogP contribution in [0.1, 0.15) is 27.2 Å². The quantitative estimate of drug-likeness (QED) is 0.414. The van der Waals surface area contributed by atoms with Gasteiger partial charge in [0, 0.05) is 12.7 Å². The lowest BCUT2D eigenvalue weighted by molar-refractivity contribution is 0.0940. The van der Waals surface area contributed by atoms with Crippen LogP contribution < -0.4 is 20.5 Å². The maximum absolute atomic E-state index is 13.7. The summed E-state index contributed by atoms with van der Waals surface area (Å²) in [6, 6.07) is 17.0. The summed E-state index contributed by atoms with van der Waals surface area (Å²) >= 11 is 0. The van der Waals surface area contributed by atoms with E-state index in [0.29, 0.717) is 30.3 Å². The molecule has 0 unspecified atom stereocenters. The van der Waals surface area contributed by atoms with E-state index in [1.165, 1.54) is 16.5 Å². The molecule has 0 saturated carbocycles. The molecule has 8 nitrogen and oxygen atoms in total. The van der Waals surface area contributed by atoms with Gasteiger partial charge >= 0.3 is 5.56 Å². The predicted molar refractivity (Wildman–Crippen MR) is 137 cm³/mol. The van der Waals surface area contributed by atoms with Crippen molar-refractivity contribution in [1.29, 1.82) is 0 Å². The minimum atomic E-state index is -0.588. The van der Waals surface area contributed by atoms with Gasteiger partial charge in [-0.1, -0.05) is 42.5 Å². The van der Waals surface area contributed by atoms with Crippen LogP contribution in [0.2, 0.25) is 0 Å². The summed E-state index contributed by atoms with van der Waals surface area (Å²) in [5, 5.41) is 2.77. The molecule has 1 fully saturated rings. The number of anilines is 1. The van der Waals surface area contributed by atoms with E-state index in [9.17, 15) is 14.0 Å². The Hall–Kier alpha value is -4.66. The first-order chi connectivity index (χ1) is 17.9. The number of pyridine rings is 1. The first-order valence-electron chi connectivity index (χ1n) is 11.8. The molecule has 1 N–H and O–H groups in total. The van der Waals surface area contributed by atoms with Crippen LogP contribution in [0, 0.1) is 12.7 Å². The van der Waals surface area contributed by atoms with Crippen molar-refractivity contribution in [3.8, 4) is 5.75 Å². The zero-order valence-corrected chi connectivity index (χ0v) is 20.2. The number of nitrogens with one attached hydrogen (secondary N) is 1. The van der Waals surface area contributed by atoms with Gasteiger partial charge in [0.15, 0.2) is 17.2 Å². The third-order valence-corrected chi connectivity index (χ3v) is 5.98. The number of hydrogen-bond acceptors (Lipinski definition) is 6. The van der Waals surface area contributed by atoms with E-state index in [4.69, 9.17) is 9.47 Å². The lowest BCUT2D eigenvalue weighted by Gasteiger charge is -2.20. The number of halogens is 1. The number of ether oxygens (including phenoxy) is 2. The first-order valence-corrected chi connectivity index (χ1v) is 11.8. The monoisotopic (exact) mass is 500 g/mol. The highest BCUT2D eigenvalue weighted by Gasteiger charge is 2.26. The first kappa shape index (κ1) is 24.1. The van der Waals surface area contributed by atoms with Crippen molar-refractivity contribution in [2.45, 2.75) is 20.1 Å². The molecule has 1 saturated heterocycles. The van der Waals surface area contributed by atoms with Crippen LogP contribution in [-0.2, 0) is 17.9 Å². The number of amides is 1. The summed E-state index contributed by atoms with van der Waals surface area (Å²) in [6.45, 7) is 6.99. The average Bonchev–Trinajstić information content (AvgIpc) is 3.33. The largest absolute Gasteiger partial charge is 0.481 e. The summed E-state index contributed by atoms with van der Waals surface area (Å²) in [6.07, 6.45) is 1.66. The molecule has 188 valence electrons. The van der Waals surface area contributed by atoms with Gasteiger partial charge in [0.05, 0.1) is 12.2 Å². The summed E-state index contributed by atoms with van der Waals surface area (Å²) in [5.74, 6) is -0.680. The smallest absolute Gasteiger partial charge is 0.301 e. The van der Waals surface area contributed by atoms with E-state index < -0.39 is 11.5 Å². The number of benzene rings is 2. The van der Waals surface area contributed by atoms with E-state index in [-0.39, 0.29) is 36.1 Å². The third kappa shape index (κ3) is 5.02. The van der Waals surface area contributed by atoms with Gasteiger partial charge < -0.3 is 19.7 Å². The van der Waals surface area contributed by atoms with Gasteiger partial charge in [-0.05, 0) is 48.4 Å². The molecule has 1 aliphatic rings. The topological polar surface area (TPSA) is 85.2 Å². The Bertz CT molecular complexity index is 1530. The van der Waals surface area contributed by atoms with Crippen LogP contribution in [-0.4, -0.2) is 28.4 Å². The maximum atomic E-state index is 13.7. The molecule has 3 heterocycles. The van der Waals surface area contributed by atoms with E-state index >= 15 is 0 Å². The number of rotatable bonds is 7. The van der Waals surface area contributed by atoms with Crippen molar-refractivity contribution in [1.82, 2.24) is 14.7 Å². The highest BCUT2D eigenvalue weighted by Crippen LogP contribution is 2.29. The summed E-state index contributed by atoms with van der Waals surface area (Å²) in [7, 11) is 0. The fraction of sp³-hybridized carbons (Fsp3) is 0.179. The van der Waals surface area contributed by atoms with Crippen LogP contribution in [0.4, 0.5) is 10.1 Å². The van der Waals surface area contributed by atoms with Gasteiger partial charge in [0.2, 0.25) is 5.75 Å². The van der Waals surface area contributed by atoms with Crippen molar-refractivity contribution in [3.63, 3.8) is 0 Å². The van der Waals surface area contributed by atoms with Crippen molar-refractivity contribution in [2.24, 2.45) is 0 Å². The number of carbonyl (C=O) groups is 1. The Morgan fingerprint density at radius 3 is 2.62 bits per heavy atom. The van der Waals surface area contributed by atoms with Crippen molar-refractivity contribution < 1.29 is 18.7 Å². The van der Waals surface area contributed by atoms with Crippen LogP contribution in [0.25, 0.3) is 5.65 Å². The summed E-state index contributed by atoms with van der Waals surface area (Å²) < 4.78 is 26.1. The third-order valence-electron chi connectivity index (χ3n) is 5.98. The molecule has 0 aliphatic carbocycles. The second-order valence-electron chi connectivity index (χ2n) is 8.67. The zero-order valence-electron chi connectivity index (χ0n) is 20.2. The molecule has 37 heavy (non-hydrogen) atoms. The molecule has 1 aliphatic heterocycles. The van der Waals surface area contributed by atoms with E-state index in [2.05, 4.69) is 16.9 Å². The Labute approximate surface area is 212 Å². The molecule has 2 aromatic carbocycles. The molecule has 0 radical (unpaired) electrons. The number of nitrogens with zero attached hydrogens (tertiary/aromatic N) is 3. The van der Waals surface area contributed by atoms with E-state index in [0.717, 1.165) is 11.1 Å². The second kappa shape index (κ2) is 10.1. The Morgan fingerprint density at radius 2 is 1.92 bits per heavy atom. The number of hydrogen-bond donors (Lipinski definition) is 1. The molecule has 9 heteroatoms. The highest BCUT2D eigenvalue weighted by atomic mass is 19.1. The number of aryl methyl sites for hydroxylation is 1. The van der Waals surface area contributed by atoms with E-state index in [1.807, 2.05) is 48.2 Å². The Balaban J connectivity index is 1.58. The number of aromatic nitrogens is 2. The number of carbonyl (C=O) groups excluding carboxylic acids is 1. The SMILES string of the molecule is C=C1OCCN1c1cc(C)cn2c(=O)c(OCc3ccccc3)c(C(=O)NCc3ccc(F)cc3)nc12. The molecular weight excluding hydrogens is 475 g/mol. The predicted octanol–water partition coefficient (Wildman–Crippen LogP) is 3.96. The van der Waals surface area contributed by atoms with Crippen LogP contribution in [0.5, 0.6) is 5.75 Å². The van der Waals surface area contributed by atoms with E-state index in [1.54, 1.807) is 18.3 Å². The molecule has 5 rings (SSSR count). The molecule has 0 bridgehead atoms. The maximum Gasteiger partial charge on any atom is 0.301 e. The van der Waals surface area contributed by atoms with Gasteiger partial charge in [-0.3, -0.25) is 14.0 Å². The van der Waals surface area contributed by atoms with Gasteiger partial charge in [0.25, 0.3) is 5.91 Å². The fourth-order valence-electron chi connectivity index (χ4n) is 4.13. The van der Waals surface area contributed by atoms with Gasteiger partial charge in [-0.25, -0.2) is 9.37 Å². The second-order valence-corrected chi connectivity index (χ2v) is 8.67. The van der Waals surface area contributed by atoms with Crippen LogP contribution in [0.3, 0.4) is 0 Å². The molecule has 1 amide bonds.